The number of benzene rings is 2. The summed E-state index contributed by atoms with van der Waals surface area (Å²) in [4.78, 5) is 37.3. The van der Waals surface area contributed by atoms with Gasteiger partial charge in [0.25, 0.3) is 11.8 Å². The van der Waals surface area contributed by atoms with Gasteiger partial charge in [0.15, 0.2) is 6.61 Å². The molecule has 2 atom stereocenters. The number of hydrogen-bond acceptors (Lipinski definition) is 4. The highest BCUT2D eigenvalue weighted by Gasteiger charge is 2.23. The summed E-state index contributed by atoms with van der Waals surface area (Å²) >= 11 is 0. The lowest BCUT2D eigenvalue weighted by molar-refractivity contribution is -0.125. The van der Waals surface area contributed by atoms with E-state index in [4.69, 9.17) is 4.74 Å². The van der Waals surface area contributed by atoms with E-state index in [2.05, 4.69) is 17.6 Å². The molecule has 2 aromatic rings. The Balaban J connectivity index is 1.59. The molecule has 0 unspecified atom stereocenters. The van der Waals surface area contributed by atoms with Crippen molar-refractivity contribution >= 4 is 23.5 Å². The number of carbonyl (C=O) groups excluding carboxylic acids is 3. The SMILES string of the molecule is Cc1cccc(C(=O)Nc2ccccc2C(=O)OCC(=O)N[C@H]2CCCC[C@H]2C)c1. The van der Waals surface area contributed by atoms with Gasteiger partial charge in [0.2, 0.25) is 0 Å². The monoisotopic (exact) mass is 408 g/mol. The van der Waals surface area contributed by atoms with Gasteiger partial charge in [-0.05, 0) is 49.9 Å². The Kier molecular flexibility index (Phi) is 7.22. The van der Waals surface area contributed by atoms with Gasteiger partial charge in [-0.3, -0.25) is 9.59 Å². The molecule has 6 nitrogen and oxygen atoms in total. The largest absolute Gasteiger partial charge is 0.452 e. The summed E-state index contributed by atoms with van der Waals surface area (Å²) in [5.41, 5.74) is 2.01. The summed E-state index contributed by atoms with van der Waals surface area (Å²) in [5.74, 6) is -0.843. The predicted molar refractivity (Wildman–Crippen MR) is 115 cm³/mol. The zero-order valence-electron chi connectivity index (χ0n) is 17.4. The van der Waals surface area contributed by atoms with E-state index < -0.39 is 5.97 Å². The smallest absolute Gasteiger partial charge is 0.340 e. The molecule has 0 radical (unpaired) electrons. The molecule has 1 saturated carbocycles. The standard InChI is InChI=1S/C24H28N2O4/c1-16-8-7-10-18(14-16)23(28)26-21-13-6-4-11-19(21)24(29)30-15-22(27)25-20-12-5-3-9-17(20)2/h4,6-8,10-11,13-14,17,20H,3,5,9,12,15H2,1-2H3,(H,25,27)(H,26,28)/t17-,20+/m1/s1. The molecule has 0 bridgehead atoms. The first-order chi connectivity index (χ1) is 14.4. The third-order valence-corrected chi connectivity index (χ3v) is 5.47. The van der Waals surface area contributed by atoms with Gasteiger partial charge < -0.3 is 15.4 Å². The van der Waals surface area contributed by atoms with Crippen LogP contribution in [0, 0.1) is 12.8 Å². The molecule has 2 amide bonds. The summed E-state index contributed by atoms with van der Waals surface area (Å²) in [6.45, 7) is 3.69. The van der Waals surface area contributed by atoms with E-state index in [0.717, 1.165) is 24.8 Å². The summed E-state index contributed by atoms with van der Waals surface area (Å²) in [7, 11) is 0. The number of ether oxygens (including phenoxy) is 1. The molecule has 1 fully saturated rings. The van der Waals surface area contributed by atoms with E-state index in [1.165, 1.54) is 6.42 Å². The predicted octanol–water partition coefficient (Wildman–Crippen LogP) is 4.10. The summed E-state index contributed by atoms with van der Waals surface area (Å²) in [5, 5.41) is 5.72. The molecule has 0 spiro atoms. The van der Waals surface area contributed by atoms with Gasteiger partial charge in [-0.2, -0.15) is 0 Å². The van der Waals surface area contributed by atoms with E-state index in [-0.39, 0.29) is 30.0 Å². The Hall–Kier alpha value is -3.15. The average Bonchev–Trinajstić information content (AvgIpc) is 2.74. The van der Waals surface area contributed by atoms with Gasteiger partial charge in [-0.25, -0.2) is 4.79 Å². The Morgan fingerprint density at radius 2 is 1.80 bits per heavy atom. The fraction of sp³-hybridized carbons (Fsp3) is 0.375. The third-order valence-electron chi connectivity index (χ3n) is 5.47. The van der Waals surface area contributed by atoms with Crippen molar-refractivity contribution < 1.29 is 19.1 Å². The Labute approximate surface area is 177 Å². The number of hydrogen-bond donors (Lipinski definition) is 2. The quantitative estimate of drug-likeness (QED) is 0.705. The van der Waals surface area contributed by atoms with Gasteiger partial charge >= 0.3 is 5.97 Å². The zero-order valence-corrected chi connectivity index (χ0v) is 17.4. The molecule has 2 aromatic carbocycles. The maximum Gasteiger partial charge on any atom is 0.340 e. The van der Waals surface area contributed by atoms with Crippen LogP contribution in [0.1, 0.15) is 58.9 Å². The number of rotatable bonds is 6. The second kappa shape index (κ2) is 10.1. The summed E-state index contributed by atoms with van der Waals surface area (Å²) < 4.78 is 5.21. The molecule has 158 valence electrons. The lowest BCUT2D eigenvalue weighted by Gasteiger charge is -2.29. The van der Waals surface area contributed by atoms with Crippen LogP contribution in [-0.2, 0) is 9.53 Å². The van der Waals surface area contributed by atoms with Gasteiger partial charge in [0, 0.05) is 11.6 Å². The van der Waals surface area contributed by atoms with E-state index in [1.54, 1.807) is 42.5 Å². The van der Waals surface area contributed by atoms with Crippen molar-refractivity contribution in [1.29, 1.82) is 0 Å². The first-order valence-electron chi connectivity index (χ1n) is 10.4. The maximum absolute atomic E-state index is 12.5. The van der Waals surface area contributed by atoms with E-state index in [1.807, 2.05) is 13.0 Å². The molecule has 0 heterocycles. The van der Waals surface area contributed by atoms with Crippen molar-refractivity contribution in [2.75, 3.05) is 11.9 Å². The Bertz CT molecular complexity index is 925. The first kappa shape index (κ1) is 21.6. The van der Waals surface area contributed by atoms with Crippen LogP contribution < -0.4 is 10.6 Å². The molecular weight excluding hydrogens is 380 g/mol. The van der Waals surface area contributed by atoms with E-state index >= 15 is 0 Å². The van der Waals surface area contributed by atoms with Crippen molar-refractivity contribution in [3.8, 4) is 0 Å². The second-order valence-corrected chi connectivity index (χ2v) is 7.88. The van der Waals surface area contributed by atoms with Gasteiger partial charge in [0.05, 0.1) is 11.3 Å². The number of anilines is 1. The summed E-state index contributed by atoms with van der Waals surface area (Å²) in [6, 6.07) is 13.9. The fourth-order valence-corrected chi connectivity index (χ4v) is 3.74. The van der Waals surface area contributed by atoms with Crippen LogP contribution in [0.3, 0.4) is 0 Å². The van der Waals surface area contributed by atoms with Gasteiger partial charge in [-0.15, -0.1) is 0 Å². The average molecular weight is 408 g/mol. The van der Waals surface area contributed by atoms with Crippen LogP contribution in [0.25, 0.3) is 0 Å². The van der Waals surface area contributed by atoms with Crippen molar-refractivity contribution in [2.45, 2.75) is 45.6 Å². The molecule has 30 heavy (non-hydrogen) atoms. The van der Waals surface area contributed by atoms with Crippen molar-refractivity contribution in [2.24, 2.45) is 5.92 Å². The topological polar surface area (TPSA) is 84.5 Å². The van der Waals surface area contributed by atoms with E-state index in [9.17, 15) is 14.4 Å². The second-order valence-electron chi connectivity index (χ2n) is 7.88. The minimum Gasteiger partial charge on any atom is -0.452 e. The number of para-hydroxylation sites is 1. The molecule has 0 aliphatic heterocycles. The molecule has 0 saturated heterocycles. The molecule has 2 N–H and O–H groups in total. The van der Waals surface area contributed by atoms with Crippen LogP contribution in [0.5, 0.6) is 0 Å². The maximum atomic E-state index is 12.5. The zero-order chi connectivity index (χ0) is 21.5. The molecule has 0 aromatic heterocycles. The number of nitrogens with one attached hydrogen (secondary N) is 2. The van der Waals surface area contributed by atoms with Crippen LogP contribution in [0.2, 0.25) is 0 Å². The van der Waals surface area contributed by atoms with Crippen molar-refractivity contribution in [3.05, 3.63) is 65.2 Å². The summed E-state index contributed by atoms with van der Waals surface area (Å²) in [6.07, 6.45) is 4.34. The highest BCUT2D eigenvalue weighted by atomic mass is 16.5. The number of amides is 2. The van der Waals surface area contributed by atoms with Gasteiger partial charge in [0.1, 0.15) is 0 Å². The van der Waals surface area contributed by atoms with Crippen LogP contribution >= 0.6 is 0 Å². The minimum atomic E-state index is -0.651. The normalized spacial score (nSPS) is 18.3. The minimum absolute atomic E-state index is 0.130. The third kappa shape index (κ3) is 5.69. The highest BCUT2D eigenvalue weighted by Crippen LogP contribution is 2.23. The van der Waals surface area contributed by atoms with Crippen molar-refractivity contribution in [1.82, 2.24) is 5.32 Å². The molecule has 3 rings (SSSR count). The number of esters is 1. The Morgan fingerprint density at radius 1 is 1.03 bits per heavy atom. The lowest BCUT2D eigenvalue weighted by Crippen LogP contribution is -2.42. The number of aryl methyl sites for hydroxylation is 1. The lowest BCUT2D eigenvalue weighted by atomic mass is 9.86. The molecule has 6 heteroatoms. The van der Waals surface area contributed by atoms with Crippen LogP contribution in [-0.4, -0.2) is 30.4 Å². The van der Waals surface area contributed by atoms with Crippen molar-refractivity contribution in [3.63, 3.8) is 0 Å². The first-order valence-corrected chi connectivity index (χ1v) is 10.4. The fourth-order valence-electron chi connectivity index (χ4n) is 3.74. The number of carbonyl (C=O) groups is 3. The Morgan fingerprint density at radius 3 is 2.57 bits per heavy atom. The van der Waals surface area contributed by atoms with E-state index in [0.29, 0.717) is 17.2 Å². The van der Waals surface area contributed by atoms with Gasteiger partial charge in [-0.1, -0.05) is 49.6 Å². The molecular formula is C24H28N2O4. The highest BCUT2D eigenvalue weighted by molar-refractivity contribution is 6.08. The van der Waals surface area contributed by atoms with Crippen LogP contribution in [0.4, 0.5) is 5.69 Å². The van der Waals surface area contributed by atoms with Crippen LogP contribution in [0.15, 0.2) is 48.5 Å². The molecule has 1 aliphatic rings. The molecule has 1 aliphatic carbocycles.